The molecule has 2 fully saturated rings. The van der Waals surface area contributed by atoms with Crippen LogP contribution in [0, 0.1) is 0 Å². The summed E-state index contributed by atoms with van der Waals surface area (Å²) in [5.41, 5.74) is 0.422. The minimum absolute atomic E-state index is 0.422. The van der Waals surface area contributed by atoms with Gasteiger partial charge in [-0.2, -0.15) is 0 Å². The van der Waals surface area contributed by atoms with Crippen molar-refractivity contribution in [2.24, 2.45) is 0 Å². The van der Waals surface area contributed by atoms with Gasteiger partial charge in [-0.05, 0) is 46.1 Å². The molecule has 94 valence electrons. The van der Waals surface area contributed by atoms with Gasteiger partial charge in [-0.3, -0.25) is 4.90 Å². The molecule has 0 aromatic rings. The molecule has 0 radical (unpaired) electrons. The molecule has 1 N–H and O–H groups in total. The van der Waals surface area contributed by atoms with Gasteiger partial charge in [-0.15, -0.1) is 0 Å². The zero-order valence-electron chi connectivity index (χ0n) is 10.8. The molecule has 0 aliphatic carbocycles. The molecule has 1 atom stereocenters. The van der Waals surface area contributed by atoms with E-state index in [1.54, 1.807) is 0 Å². The topological polar surface area (TPSA) is 24.5 Å². The van der Waals surface area contributed by atoms with Crippen molar-refractivity contribution in [1.29, 1.82) is 0 Å². The summed E-state index contributed by atoms with van der Waals surface area (Å²) >= 11 is 0. The number of hydrogen-bond donors (Lipinski definition) is 1. The fourth-order valence-corrected chi connectivity index (χ4v) is 2.86. The molecule has 0 saturated carbocycles. The van der Waals surface area contributed by atoms with Crippen LogP contribution in [0.3, 0.4) is 0 Å². The van der Waals surface area contributed by atoms with E-state index in [0.29, 0.717) is 11.6 Å². The van der Waals surface area contributed by atoms with Crippen molar-refractivity contribution in [3.63, 3.8) is 0 Å². The van der Waals surface area contributed by atoms with Crippen LogP contribution in [0.2, 0.25) is 0 Å². The number of ether oxygens (including phenoxy) is 1. The Morgan fingerprint density at radius 3 is 2.88 bits per heavy atom. The van der Waals surface area contributed by atoms with Gasteiger partial charge in [0.1, 0.15) is 0 Å². The largest absolute Gasteiger partial charge is 0.377 e. The van der Waals surface area contributed by atoms with Gasteiger partial charge in [0.2, 0.25) is 0 Å². The number of hydrogen-bond acceptors (Lipinski definition) is 3. The Labute approximate surface area is 99.5 Å². The molecular weight excluding hydrogens is 200 g/mol. The third kappa shape index (κ3) is 3.19. The van der Waals surface area contributed by atoms with Gasteiger partial charge in [-0.25, -0.2) is 0 Å². The zero-order chi connectivity index (χ0) is 11.4. The standard InChI is InChI=1S/C13H26N2O/c1-13(2)6-4-8-15(13)9-7-14-11-12-5-3-10-16-12/h12,14H,3-11H2,1-2H3. The van der Waals surface area contributed by atoms with Crippen molar-refractivity contribution in [1.82, 2.24) is 10.2 Å². The quantitative estimate of drug-likeness (QED) is 0.721. The first-order valence-electron chi connectivity index (χ1n) is 6.76. The molecule has 2 saturated heterocycles. The third-order valence-corrected chi connectivity index (χ3v) is 4.03. The van der Waals surface area contributed by atoms with E-state index in [4.69, 9.17) is 4.74 Å². The SMILES string of the molecule is CC1(C)CCCN1CCNCC1CCCO1. The van der Waals surface area contributed by atoms with E-state index in [-0.39, 0.29) is 0 Å². The summed E-state index contributed by atoms with van der Waals surface area (Å²) in [6.07, 6.45) is 5.66. The molecule has 2 aliphatic rings. The minimum atomic E-state index is 0.422. The Bertz CT molecular complexity index is 212. The van der Waals surface area contributed by atoms with Gasteiger partial charge in [0.25, 0.3) is 0 Å². The van der Waals surface area contributed by atoms with Crippen LogP contribution in [0.5, 0.6) is 0 Å². The lowest BCUT2D eigenvalue weighted by molar-refractivity contribution is 0.108. The Balaban J connectivity index is 1.57. The number of nitrogens with one attached hydrogen (secondary N) is 1. The summed E-state index contributed by atoms with van der Waals surface area (Å²) in [4.78, 5) is 2.61. The Morgan fingerprint density at radius 2 is 2.25 bits per heavy atom. The van der Waals surface area contributed by atoms with Gasteiger partial charge < -0.3 is 10.1 Å². The highest BCUT2D eigenvalue weighted by Crippen LogP contribution is 2.27. The van der Waals surface area contributed by atoms with Crippen LogP contribution in [0.1, 0.15) is 39.5 Å². The third-order valence-electron chi connectivity index (χ3n) is 4.03. The molecule has 2 heterocycles. The summed E-state index contributed by atoms with van der Waals surface area (Å²) in [6, 6.07) is 0. The summed E-state index contributed by atoms with van der Waals surface area (Å²) < 4.78 is 5.59. The van der Waals surface area contributed by atoms with Crippen LogP contribution in [0.4, 0.5) is 0 Å². The van der Waals surface area contributed by atoms with Crippen molar-refractivity contribution in [2.75, 3.05) is 32.8 Å². The smallest absolute Gasteiger partial charge is 0.0700 e. The number of rotatable bonds is 5. The monoisotopic (exact) mass is 226 g/mol. The first-order valence-corrected chi connectivity index (χ1v) is 6.76. The summed E-state index contributed by atoms with van der Waals surface area (Å²) in [5.74, 6) is 0. The van der Waals surface area contributed by atoms with Crippen molar-refractivity contribution in [2.45, 2.75) is 51.2 Å². The van der Waals surface area contributed by atoms with Crippen molar-refractivity contribution >= 4 is 0 Å². The number of likely N-dealkylation sites (tertiary alicyclic amines) is 1. The highest BCUT2D eigenvalue weighted by Gasteiger charge is 2.30. The molecule has 0 spiro atoms. The molecule has 2 rings (SSSR count). The molecule has 3 heteroatoms. The Kier molecular flexibility index (Phi) is 4.22. The second-order valence-corrected chi connectivity index (χ2v) is 5.74. The van der Waals surface area contributed by atoms with Crippen LogP contribution >= 0.6 is 0 Å². The highest BCUT2D eigenvalue weighted by atomic mass is 16.5. The lowest BCUT2D eigenvalue weighted by Gasteiger charge is -2.31. The molecule has 0 aromatic carbocycles. The second-order valence-electron chi connectivity index (χ2n) is 5.74. The summed E-state index contributed by atoms with van der Waals surface area (Å²) in [6.45, 7) is 10.3. The van der Waals surface area contributed by atoms with Crippen molar-refractivity contribution in [3.8, 4) is 0 Å². The predicted molar refractivity (Wildman–Crippen MR) is 66.7 cm³/mol. The zero-order valence-corrected chi connectivity index (χ0v) is 10.8. The fraction of sp³-hybridized carbons (Fsp3) is 1.00. The van der Waals surface area contributed by atoms with Crippen LogP contribution in [0.25, 0.3) is 0 Å². The maximum absolute atomic E-state index is 5.59. The van der Waals surface area contributed by atoms with Crippen LogP contribution < -0.4 is 5.32 Å². The minimum Gasteiger partial charge on any atom is -0.377 e. The van der Waals surface area contributed by atoms with E-state index in [9.17, 15) is 0 Å². The lowest BCUT2D eigenvalue weighted by Crippen LogP contribution is -2.42. The average molecular weight is 226 g/mol. The molecule has 0 bridgehead atoms. The van der Waals surface area contributed by atoms with E-state index in [1.807, 2.05) is 0 Å². The maximum atomic E-state index is 5.59. The van der Waals surface area contributed by atoms with E-state index < -0.39 is 0 Å². The normalized spacial score (nSPS) is 30.0. The molecule has 3 nitrogen and oxygen atoms in total. The van der Waals surface area contributed by atoms with Crippen LogP contribution in [-0.2, 0) is 4.74 Å². The van der Waals surface area contributed by atoms with Gasteiger partial charge in [0, 0.05) is 31.8 Å². The highest BCUT2D eigenvalue weighted by molar-refractivity contribution is 4.87. The predicted octanol–water partition coefficient (Wildman–Crippen LogP) is 1.63. The van der Waals surface area contributed by atoms with Gasteiger partial charge >= 0.3 is 0 Å². The van der Waals surface area contributed by atoms with Gasteiger partial charge in [0.05, 0.1) is 6.10 Å². The summed E-state index contributed by atoms with van der Waals surface area (Å²) in [7, 11) is 0. The second kappa shape index (κ2) is 5.48. The first-order chi connectivity index (χ1) is 7.68. The van der Waals surface area contributed by atoms with E-state index >= 15 is 0 Å². The molecule has 0 amide bonds. The van der Waals surface area contributed by atoms with Gasteiger partial charge in [-0.1, -0.05) is 0 Å². The van der Waals surface area contributed by atoms with E-state index in [2.05, 4.69) is 24.1 Å². The maximum Gasteiger partial charge on any atom is 0.0700 e. The van der Waals surface area contributed by atoms with Crippen molar-refractivity contribution in [3.05, 3.63) is 0 Å². The lowest BCUT2D eigenvalue weighted by atomic mass is 10.0. The van der Waals surface area contributed by atoms with Crippen LogP contribution in [0.15, 0.2) is 0 Å². The fourth-order valence-electron chi connectivity index (χ4n) is 2.86. The van der Waals surface area contributed by atoms with E-state index in [1.165, 1.54) is 38.8 Å². The molecule has 16 heavy (non-hydrogen) atoms. The summed E-state index contributed by atoms with van der Waals surface area (Å²) in [5, 5.41) is 3.53. The van der Waals surface area contributed by atoms with Crippen molar-refractivity contribution < 1.29 is 4.74 Å². The number of nitrogens with zero attached hydrogens (tertiary/aromatic N) is 1. The first kappa shape index (κ1) is 12.3. The van der Waals surface area contributed by atoms with Gasteiger partial charge in [0.15, 0.2) is 0 Å². The molecule has 0 aromatic heterocycles. The Morgan fingerprint density at radius 1 is 1.38 bits per heavy atom. The molecular formula is C13H26N2O. The van der Waals surface area contributed by atoms with Crippen LogP contribution in [-0.4, -0.2) is 49.3 Å². The Hall–Kier alpha value is -0.120. The molecule has 2 aliphatic heterocycles. The molecule has 1 unspecified atom stereocenters. The van der Waals surface area contributed by atoms with E-state index in [0.717, 1.165) is 19.7 Å². The average Bonchev–Trinajstić information content (AvgIpc) is 2.83.